The molecule has 1 aromatic heterocycles. The van der Waals surface area contributed by atoms with Gasteiger partial charge in [-0.05, 0) is 36.2 Å². The number of anilines is 1. The number of carbonyl (C=O) groups excluding carboxylic acids is 2. The lowest BCUT2D eigenvalue weighted by molar-refractivity contribution is 0.100. The van der Waals surface area contributed by atoms with E-state index in [1.165, 1.54) is 23.5 Å². The Kier molecular flexibility index (Phi) is 4.54. The molecule has 0 aliphatic heterocycles. The molecule has 0 aliphatic carbocycles. The van der Waals surface area contributed by atoms with E-state index in [1.807, 2.05) is 37.3 Å². The zero-order valence-corrected chi connectivity index (χ0v) is 14.3. The molecule has 0 spiro atoms. The Balaban J connectivity index is 1.95. The lowest BCUT2D eigenvalue weighted by atomic mass is 10.1. The Bertz CT molecular complexity index is 949. The number of rotatable bonds is 4. The number of aryl methyl sites for hydroxylation is 1. The van der Waals surface area contributed by atoms with E-state index in [4.69, 9.17) is 5.73 Å². The molecule has 0 unspecified atom stereocenters. The number of phenolic OH excluding ortho intramolecular Hbond substituents is 1. The minimum Gasteiger partial charge on any atom is -0.507 e. The molecule has 2 aromatic carbocycles. The van der Waals surface area contributed by atoms with Crippen molar-refractivity contribution in [2.75, 3.05) is 5.32 Å². The molecule has 0 saturated carbocycles. The number of primary amides is 1. The number of hydrogen-bond acceptors (Lipinski definition) is 4. The number of benzene rings is 2. The van der Waals surface area contributed by atoms with Crippen LogP contribution in [0.2, 0.25) is 0 Å². The molecule has 5 nitrogen and oxygen atoms in total. The predicted molar refractivity (Wildman–Crippen MR) is 99.1 cm³/mol. The molecule has 6 heteroatoms. The second-order valence-electron chi connectivity index (χ2n) is 5.56. The van der Waals surface area contributed by atoms with Crippen LogP contribution in [0.4, 0.5) is 5.00 Å². The van der Waals surface area contributed by atoms with Crippen LogP contribution >= 0.6 is 11.3 Å². The SMILES string of the molecule is Cc1ccc(C(=O)Nc2sc(-c3ccccc3)cc2C(N)=O)c(O)c1. The highest BCUT2D eigenvalue weighted by Gasteiger charge is 2.19. The molecule has 3 aromatic rings. The third-order valence-corrected chi connectivity index (χ3v) is 4.78. The van der Waals surface area contributed by atoms with Crippen molar-refractivity contribution in [1.82, 2.24) is 0 Å². The smallest absolute Gasteiger partial charge is 0.260 e. The van der Waals surface area contributed by atoms with Gasteiger partial charge in [0.2, 0.25) is 0 Å². The molecular formula is C19H16N2O3S. The second-order valence-corrected chi connectivity index (χ2v) is 6.61. The number of hydrogen-bond donors (Lipinski definition) is 3. The lowest BCUT2D eigenvalue weighted by Gasteiger charge is -2.07. The summed E-state index contributed by atoms with van der Waals surface area (Å²) < 4.78 is 0. The van der Waals surface area contributed by atoms with Gasteiger partial charge in [0.25, 0.3) is 11.8 Å². The first kappa shape index (κ1) is 16.7. The third-order valence-electron chi connectivity index (χ3n) is 3.68. The predicted octanol–water partition coefficient (Wildman–Crippen LogP) is 3.78. The van der Waals surface area contributed by atoms with E-state index < -0.39 is 11.8 Å². The van der Waals surface area contributed by atoms with Gasteiger partial charge in [0, 0.05) is 4.88 Å². The van der Waals surface area contributed by atoms with Crippen LogP contribution < -0.4 is 11.1 Å². The Morgan fingerprint density at radius 2 is 1.76 bits per heavy atom. The Morgan fingerprint density at radius 3 is 2.40 bits per heavy atom. The number of nitrogens with two attached hydrogens (primary N) is 1. The fourth-order valence-corrected chi connectivity index (χ4v) is 3.48. The van der Waals surface area contributed by atoms with Crippen molar-refractivity contribution in [3.63, 3.8) is 0 Å². The van der Waals surface area contributed by atoms with E-state index >= 15 is 0 Å². The molecular weight excluding hydrogens is 336 g/mol. The molecule has 0 radical (unpaired) electrons. The molecule has 25 heavy (non-hydrogen) atoms. The number of nitrogens with one attached hydrogen (secondary N) is 1. The Hall–Kier alpha value is -3.12. The first-order valence-corrected chi connectivity index (χ1v) is 8.37. The maximum atomic E-state index is 12.5. The van der Waals surface area contributed by atoms with Gasteiger partial charge in [0.1, 0.15) is 10.8 Å². The zero-order valence-electron chi connectivity index (χ0n) is 13.4. The van der Waals surface area contributed by atoms with Gasteiger partial charge in [-0.1, -0.05) is 36.4 Å². The quantitative estimate of drug-likeness (QED) is 0.667. The van der Waals surface area contributed by atoms with Gasteiger partial charge in [-0.25, -0.2) is 0 Å². The summed E-state index contributed by atoms with van der Waals surface area (Å²) in [5.41, 5.74) is 7.58. The molecule has 4 N–H and O–H groups in total. The van der Waals surface area contributed by atoms with Crippen molar-refractivity contribution in [3.8, 4) is 16.2 Å². The first-order valence-electron chi connectivity index (χ1n) is 7.55. The number of phenols is 1. The monoisotopic (exact) mass is 352 g/mol. The first-order chi connectivity index (χ1) is 12.0. The number of thiophene rings is 1. The van der Waals surface area contributed by atoms with Crippen molar-refractivity contribution in [2.24, 2.45) is 5.73 Å². The molecule has 1 heterocycles. The van der Waals surface area contributed by atoms with E-state index in [0.717, 1.165) is 16.0 Å². The van der Waals surface area contributed by atoms with Gasteiger partial charge in [0.15, 0.2) is 0 Å². The van der Waals surface area contributed by atoms with Crippen molar-refractivity contribution in [3.05, 3.63) is 71.3 Å². The fourth-order valence-electron chi connectivity index (χ4n) is 2.42. The molecule has 0 aliphatic rings. The Morgan fingerprint density at radius 1 is 1.04 bits per heavy atom. The van der Waals surface area contributed by atoms with Crippen LogP contribution in [0, 0.1) is 6.92 Å². The van der Waals surface area contributed by atoms with Crippen molar-refractivity contribution in [2.45, 2.75) is 6.92 Å². The third kappa shape index (κ3) is 3.54. The normalized spacial score (nSPS) is 10.4. The van der Waals surface area contributed by atoms with Crippen LogP contribution in [0.3, 0.4) is 0 Å². The van der Waals surface area contributed by atoms with Crippen LogP contribution in [0.1, 0.15) is 26.3 Å². The second kappa shape index (κ2) is 6.78. The van der Waals surface area contributed by atoms with Gasteiger partial charge >= 0.3 is 0 Å². The van der Waals surface area contributed by atoms with Crippen LogP contribution in [0.5, 0.6) is 5.75 Å². The summed E-state index contributed by atoms with van der Waals surface area (Å²) in [7, 11) is 0. The minimum atomic E-state index is -0.623. The molecule has 0 atom stereocenters. The highest BCUT2D eigenvalue weighted by molar-refractivity contribution is 7.20. The Labute approximate surface area is 148 Å². The highest BCUT2D eigenvalue weighted by atomic mass is 32.1. The average molecular weight is 352 g/mol. The van der Waals surface area contributed by atoms with Crippen LogP contribution in [-0.4, -0.2) is 16.9 Å². The summed E-state index contributed by atoms with van der Waals surface area (Å²) in [6.45, 7) is 1.82. The van der Waals surface area contributed by atoms with E-state index in [2.05, 4.69) is 5.32 Å². The van der Waals surface area contributed by atoms with Crippen molar-refractivity contribution < 1.29 is 14.7 Å². The lowest BCUT2D eigenvalue weighted by Crippen LogP contribution is -2.16. The van der Waals surface area contributed by atoms with Gasteiger partial charge in [-0.2, -0.15) is 0 Å². The van der Waals surface area contributed by atoms with E-state index in [0.29, 0.717) is 5.00 Å². The zero-order chi connectivity index (χ0) is 18.0. The highest BCUT2D eigenvalue weighted by Crippen LogP contribution is 2.35. The number of carbonyl (C=O) groups is 2. The summed E-state index contributed by atoms with van der Waals surface area (Å²) >= 11 is 1.26. The topological polar surface area (TPSA) is 92.4 Å². The van der Waals surface area contributed by atoms with E-state index in [-0.39, 0.29) is 16.9 Å². The maximum absolute atomic E-state index is 12.5. The average Bonchev–Trinajstić information content (AvgIpc) is 2.99. The number of amides is 2. The van der Waals surface area contributed by atoms with Crippen LogP contribution in [0.15, 0.2) is 54.6 Å². The van der Waals surface area contributed by atoms with Crippen molar-refractivity contribution >= 4 is 28.2 Å². The molecule has 2 amide bonds. The van der Waals surface area contributed by atoms with Crippen LogP contribution in [0.25, 0.3) is 10.4 Å². The van der Waals surface area contributed by atoms with Gasteiger partial charge in [-0.15, -0.1) is 11.3 Å². The van der Waals surface area contributed by atoms with Gasteiger partial charge in [-0.3, -0.25) is 9.59 Å². The van der Waals surface area contributed by atoms with Gasteiger partial charge in [0.05, 0.1) is 11.1 Å². The molecule has 0 fully saturated rings. The standard InChI is InChI=1S/C19H16N2O3S/c1-11-7-8-13(15(22)9-11)18(24)21-19-14(17(20)23)10-16(25-19)12-5-3-2-4-6-12/h2-10,22H,1H3,(H2,20,23)(H,21,24). The summed E-state index contributed by atoms with van der Waals surface area (Å²) in [5.74, 6) is -1.23. The maximum Gasteiger partial charge on any atom is 0.260 e. The fraction of sp³-hybridized carbons (Fsp3) is 0.0526. The minimum absolute atomic E-state index is 0.113. The molecule has 3 rings (SSSR count). The largest absolute Gasteiger partial charge is 0.507 e. The van der Waals surface area contributed by atoms with Crippen LogP contribution in [-0.2, 0) is 0 Å². The van der Waals surface area contributed by atoms with Gasteiger partial charge < -0.3 is 16.2 Å². The van der Waals surface area contributed by atoms with E-state index in [9.17, 15) is 14.7 Å². The molecule has 0 saturated heterocycles. The number of aromatic hydroxyl groups is 1. The molecule has 0 bridgehead atoms. The summed E-state index contributed by atoms with van der Waals surface area (Å²) in [5, 5.41) is 13.0. The summed E-state index contributed by atoms with van der Waals surface area (Å²) in [4.78, 5) is 25.0. The van der Waals surface area contributed by atoms with E-state index in [1.54, 1.807) is 12.1 Å². The summed E-state index contributed by atoms with van der Waals surface area (Å²) in [6.07, 6.45) is 0. The van der Waals surface area contributed by atoms with Crippen molar-refractivity contribution in [1.29, 1.82) is 0 Å². The molecule has 126 valence electrons. The summed E-state index contributed by atoms with van der Waals surface area (Å²) in [6, 6.07) is 15.9.